The molecule has 0 saturated heterocycles. The maximum absolute atomic E-state index is 12.8. The number of para-hydroxylation sites is 3. The van der Waals surface area contributed by atoms with E-state index >= 15 is 0 Å². The summed E-state index contributed by atoms with van der Waals surface area (Å²) in [6.07, 6.45) is 0.134. The van der Waals surface area contributed by atoms with Crippen molar-refractivity contribution in [2.24, 2.45) is 0 Å². The number of aryl methyl sites for hydroxylation is 1. The quantitative estimate of drug-likeness (QED) is 0.649. The molecule has 0 saturated carbocycles. The largest absolute Gasteiger partial charge is 0.482 e. The first kappa shape index (κ1) is 20.6. The lowest BCUT2D eigenvalue weighted by Gasteiger charge is -2.29. The van der Waals surface area contributed by atoms with Crippen molar-refractivity contribution in [3.8, 4) is 17.2 Å². The van der Waals surface area contributed by atoms with Crippen LogP contribution in [-0.2, 0) is 9.59 Å². The minimum Gasteiger partial charge on any atom is -0.482 e. The van der Waals surface area contributed by atoms with Crippen LogP contribution in [0.1, 0.15) is 37.6 Å². The molecule has 31 heavy (non-hydrogen) atoms. The van der Waals surface area contributed by atoms with Crippen LogP contribution >= 0.6 is 0 Å². The fourth-order valence-corrected chi connectivity index (χ4v) is 3.41. The van der Waals surface area contributed by atoms with Crippen LogP contribution < -0.4 is 15.0 Å². The smallest absolute Gasteiger partial charge is 0.265 e. The van der Waals surface area contributed by atoms with E-state index in [-0.39, 0.29) is 37.3 Å². The SMILES string of the molecule is Cc1cccc(-c2nc(C(C)C)no2)c1NC(=O)CCN1C(=O)COc2ccccc21. The maximum atomic E-state index is 12.8. The molecule has 2 aromatic carbocycles. The van der Waals surface area contributed by atoms with Crippen LogP contribution in [0.15, 0.2) is 47.0 Å². The predicted octanol–water partition coefficient (Wildman–Crippen LogP) is 3.92. The molecule has 0 atom stereocenters. The molecular formula is C23H24N4O4. The molecule has 2 amide bonds. The van der Waals surface area contributed by atoms with Crippen molar-refractivity contribution >= 4 is 23.2 Å². The van der Waals surface area contributed by atoms with Crippen molar-refractivity contribution in [2.45, 2.75) is 33.1 Å². The molecule has 2 heterocycles. The summed E-state index contributed by atoms with van der Waals surface area (Å²) in [6.45, 7) is 6.10. The summed E-state index contributed by atoms with van der Waals surface area (Å²) in [5.41, 5.74) is 2.85. The lowest BCUT2D eigenvalue weighted by Crippen LogP contribution is -2.40. The van der Waals surface area contributed by atoms with Crippen LogP contribution in [0.5, 0.6) is 5.75 Å². The molecule has 8 nitrogen and oxygen atoms in total. The van der Waals surface area contributed by atoms with E-state index in [2.05, 4.69) is 15.5 Å². The van der Waals surface area contributed by atoms with Gasteiger partial charge in [-0.15, -0.1) is 0 Å². The Morgan fingerprint density at radius 3 is 2.77 bits per heavy atom. The molecule has 1 aliphatic heterocycles. The highest BCUT2D eigenvalue weighted by Crippen LogP contribution is 2.32. The van der Waals surface area contributed by atoms with Gasteiger partial charge in [0.2, 0.25) is 5.91 Å². The van der Waals surface area contributed by atoms with Gasteiger partial charge in [0.25, 0.3) is 11.8 Å². The Labute approximate surface area is 180 Å². The Kier molecular flexibility index (Phi) is 5.70. The maximum Gasteiger partial charge on any atom is 0.265 e. The average molecular weight is 420 g/mol. The van der Waals surface area contributed by atoms with Crippen LogP contribution in [0.25, 0.3) is 11.5 Å². The zero-order valence-corrected chi connectivity index (χ0v) is 17.7. The summed E-state index contributed by atoms with van der Waals surface area (Å²) in [5, 5.41) is 6.97. The molecule has 0 unspecified atom stereocenters. The normalized spacial score (nSPS) is 13.2. The van der Waals surface area contributed by atoms with Gasteiger partial charge in [0.05, 0.1) is 16.9 Å². The molecule has 1 aromatic heterocycles. The van der Waals surface area contributed by atoms with E-state index in [1.807, 2.05) is 63.2 Å². The molecule has 0 aliphatic carbocycles. The number of ether oxygens (including phenoxy) is 1. The minimum absolute atomic E-state index is 0.0318. The molecule has 0 bridgehead atoms. The molecule has 8 heteroatoms. The number of anilines is 2. The number of hydrogen-bond acceptors (Lipinski definition) is 6. The molecule has 3 aromatic rings. The summed E-state index contributed by atoms with van der Waals surface area (Å²) >= 11 is 0. The standard InChI is InChI=1S/C23H24N4O4/c1-14(2)22-25-23(31-26-22)16-8-6-7-15(3)21(16)24-19(28)11-12-27-17-9-4-5-10-18(17)30-13-20(27)29/h4-10,14H,11-13H2,1-3H3,(H,24,28). The molecule has 4 rings (SSSR count). The Balaban J connectivity index is 1.50. The van der Waals surface area contributed by atoms with Crippen LogP contribution in [-0.4, -0.2) is 35.1 Å². The van der Waals surface area contributed by atoms with Gasteiger partial charge in [-0.05, 0) is 30.7 Å². The van der Waals surface area contributed by atoms with E-state index in [1.165, 1.54) is 0 Å². The molecule has 1 aliphatic rings. The Morgan fingerprint density at radius 1 is 1.19 bits per heavy atom. The van der Waals surface area contributed by atoms with E-state index in [9.17, 15) is 9.59 Å². The third kappa shape index (κ3) is 4.28. The highest BCUT2D eigenvalue weighted by Gasteiger charge is 2.26. The second-order valence-corrected chi connectivity index (χ2v) is 7.71. The van der Waals surface area contributed by atoms with Gasteiger partial charge in [0, 0.05) is 18.9 Å². The predicted molar refractivity (Wildman–Crippen MR) is 116 cm³/mol. The van der Waals surface area contributed by atoms with E-state index in [0.29, 0.717) is 34.4 Å². The molecule has 160 valence electrons. The van der Waals surface area contributed by atoms with Crippen molar-refractivity contribution in [1.82, 2.24) is 10.1 Å². The Hall–Kier alpha value is -3.68. The first-order valence-corrected chi connectivity index (χ1v) is 10.2. The van der Waals surface area contributed by atoms with Crippen LogP contribution in [0.2, 0.25) is 0 Å². The van der Waals surface area contributed by atoms with Crippen molar-refractivity contribution in [2.75, 3.05) is 23.4 Å². The number of fused-ring (bicyclic) bond motifs is 1. The van der Waals surface area contributed by atoms with Crippen molar-refractivity contribution in [3.05, 3.63) is 53.9 Å². The van der Waals surface area contributed by atoms with Crippen molar-refractivity contribution < 1.29 is 18.8 Å². The van der Waals surface area contributed by atoms with Gasteiger partial charge in [-0.3, -0.25) is 9.59 Å². The van der Waals surface area contributed by atoms with Gasteiger partial charge in [0.15, 0.2) is 12.4 Å². The van der Waals surface area contributed by atoms with E-state index in [4.69, 9.17) is 9.26 Å². The molecule has 1 N–H and O–H groups in total. The molecule has 0 spiro atoms. The van der Waals surface area contributed by atoms with Crippen molar-refractivity contribution in [3.63, 3.8) is 0 Å². The number of rotatable bonds is 6. The van der Waals surface area contributed by atoms with E-state index in [0.717, 1.165) is 5.56 Å². The van der Waals surface area contributed by atoms with Crippen LogP contribution in [0.3, 0.4) is 0 Å². The van der Waals surface area contributed by atoms with E-state index < -0.39 is 0 Å². The van der Waals surface area contributed by atoms with Crippen molar-refractivity contribution in [1.29, 1.82) is 0 Å². The fraction of sp³-hybridized carbons (Fsp3) is 0.304. The summed E-state index contributed by atoms with van der Waals surface area (Å²) in [4.78, 5) is 31.1. The van der Waals surface area contributed by atoms with Crippen LogP contribution in [0.4, 0.5) is 11.4 Å². The van der Waals surface area contributed by atoms with Gasteiger partial charge < -0.3 is 19.5 Å². The first-order valence-electron chi connectivity index (χ1n) is 10.2. The number of carbonyl (C=O) groups excluding carboxylic acids is 2. The zero-order chi connectivity index (χ0) is 22.0. The fourth-order valence-electron chi connectivity index (χ4n) is 3.41. The molecular weight excluding hydrogens is 396 g/mol. The van der Waals surface area contributed by atoms with Gasteiger partial charge in [-0.25, -0.2) is 0 Å². The summed E-state index contributed by atoms with van der Waals surface area (Å²) in [7, 11) is 0. The lowest BCUT2D eigenvalue weighted by molar-refractivity contribution is -0.121. The van der Waals surface area contributed by atoms with Gasteiger partial charge >= 0.3 is 0 Å². The second-order valence-electron chi connectivity index (χ2n) is 7.71. The molecule has 0 radical (unpaired) electrons. The number of aromatic nitrogens is 2. The number of amides is 2. The average Bonchev–Trinajstić information content (AvgIpc) is 3.25. The topological polar surface area (TPSA) is 97.6 Å². The highest BCUT2D eigenvalue weighted by molar-refractivity contribution is 6.00. The number of hydrogen-bond donors (Lipinski definition) is 1. The van der Waals surface area contributed by atoms with Gasteiger partial charge in [-0.2, -0.15) is 4.98 Å². The third-order valence-electron chi connectivity index (χ3n) is 5.10. The monoisotopic (exact) mass is 420 g/mol. The number of nitrogens with zero attached hydrogens (tertiary/aromatic N) is 3. The summed E-state index contributed by atoms with van der Waals surface area (Å²) < 4.78 is 10.9. The number of benzene rings is 2. The summed E-state index contributed by atoms with van der Waals surface area (Å²) in [6, 6.07) is 12.9. The summed E-state index contributed by atoms with van der Waals surface area (Å²) in [5.74, 6) is 1.36. The van der Waals surface area contributed by atoms with Gasteiger partial charge in [0.1, 0.15) is 5.75 Å². The highest BCUT2D eigenvalue weighted by atomic mass is 16.5. The molecule has 0 fully saturated rings. The Morgan fingerprint density at radius 2 is 2.00 bits per heavy atom. The van der Waals surface area contributed by atoms with Crippen LogP contribution in [0, 0.1) is 6.92 Å². The number of carbonyl (C=O) groups is 2. The lowest BCUT2D eigenvalue weighted by atomic mass is 10.1. The van der Waals surface area contributed by atoms with Gasteiger partial charge in [-0.1, -0.05) is 43.3 Å². The Bertz CT molecular complexity index is 1120. The number of nitrogens with one attached hydrogen (secondary N) is 1. The first-order chi connectivity index (χ1) is 14.9. The minimum atomic E-state index is -0.212. The second kappa shape index (κ2) is 8.59. The van der Waals surface area contributed by atoms with E-state index in [1.54, 1.807) is 4.90 Å². The zero-order valence-electron chi connectivity index (χ0n) is 17.7. The third-order valence-corrected chi connectivity index (χ3v) is 5.10.